The van der Waals surface area contributed by atoms with Crippen molar-refractivity contribution in [3.63, 3.8) is 0 Å². The number of nitrogens with one attached hydrogen (secondary N) is 1. The first-order chi connectivity index (χ1) is 9.01. The molecule has 0 atom stereocenters. The molecule has 5 nitrogen and oxygen atoms in total. The number of nitrogens with zero attached hydrogens (tertiary/aromatic N) is 2. The highest BCUT2D eigenvalue weighted by Gasteiger charge is 2.10. The van der Waals surface area contributed by atoms with Crippen LogP contribution in [0.15, 0.2) is 41.6 Å². The summed E-state index contributed by atoms with van der Waals surface area (Å²) < 4.78 is 25.1. The van der Waals surface area contributed by atoms with Gasteiger partial charge < -0.3 is 5.32 Å². The van der Waals surface area contributed by atoms with Crippen LogP contribution in [0.25, 0.3) is 0 Å². The Labute approximate surface area is 113 Å². The van der Waals surface area contributed by atoms with Crippen LogP contribution < -0.4 is 5.32 Å². The fourth-order valence-corrected chi connectivity index (χ4v) is 2.60. The van der Waals surface area contributed by atoms with E-state index in [2.05, 4.69) is 10.4 Å². The molecule has 19 heavy (non-hydrogen) atoms. The maximum absolute atomic E-state index is 11.7. The largest absolute Gasteiger partial charge is 0.381 e. The van der Waals surface area contributed by atoms with Crippen molar-refractivity contribution >= 4 is 15.5 Å². The number of aryl methyl sites for hydroxylation is 1. The topological polar surface area (TPSA) is 64.0 Å². The van der Waals surface area contributed by atoms with Crippen LogP contribution in [-0.4, -0.2) is 24.0 Å². The van der Waals surface area contributed by atoms with Gasteiger partial charge in [0.1, 0.15) is 0 Å². The lowest BCUT2D eigenvalue weighted by molar-refractivity contribution is 0.597. The van der Waals surface area contributed by atoms with E-state index >= 15 is 0 Å². The lowest BCUT2D eigenvalue weighted by Gasteiger charge is -2.06. The molecular weight excluding hydrogens is 262 g/mol. The van der Waals surface area contributed by atoms with E-state index in [0.29, 0.717) is 11.4 Å². The summed E-state index contributed by atoms with van der Waals surface area (Å²) in [6, 6.07) is 6.81. The predicted octanol–water partition coefficient (Wildman–Crippen LogP) is 1.83. The summed E-state index contributed by atoms with van der Waals surface area (Å²) in [4.78, 5) is 0.363. The van der Waals surface area contributed by atoms with Crippen molar-refractivity contribution in [2.24, 2.45) is 7.05 Å². The summed E-state index contributed by atoms with van der Waals surface area (Å²) in [5, 5.41) is 7.31. The molecule has 0 aliphatic rings. The van der Waals surface area contributed by atoms with E-state index in [4.69, 9.17) is 0 Å². The Balaban J connectivity index is 2.03. The van der Waals surface area contributed by atoms with Gasteiger partial charge in [-0.25, -0.2) is 8.42 Å². The first-order valence-electron chi connectivity index (χ1n) is 6.05. The van der Waals surface area contributed by atoms with Gasteiger partial charge in [-0.15, -0.1) is 0 Å². The van der Waals surface area contributed by atoms with Gasteiger partial charge in [-0.2, -0.15) is 5.10 Å². The molecule has 1 aromatic heterocycles. The standard InChI is InChI=1S/C13H17N3O2S/c1-3-19(17,18)13-6-4-12(5-7-13)14-8-11-9-15-16(2)10-11/h4-7,9-10,14H,3,8H2,1-2H3. The van der Waals surface area contributed by atoms with Gasteiger partial charge >= 0.3 is 0 Å². The molecule has 1 heterocycles. The zero-order valence-electron chi connectivity index (χ0n) is 11.0. The fraction of sp³-hybridized carbons (Fsp3) is 0.308. The molecule has 0 spiro atoms. The third kappa shape index (κ3) is 3.35. The second-order valence-electron chi connectivity index (χ2n) is 4.30. The van der Waals surface area contributed by atoms with Gasteiger partial charge in [-0.05, 0) is 24.3 Å². The summed E-state index contributed by atoms with van der Waals surface area (Å²) >= 11 is 0. The van der Waals surface area contributed by atoms with Crippen LogP contribution >= 0.6 is 0 Å². The quantitative estimate of drug-likeness (QED) is 0.907. The number of aromatic nitrogens is 2. The maximum atomic E-state index is 11.7. The third-order valence-corrected chi connectivity index (χ3v) is 4.60. The molecule has 0 unspecified atom stereocenters. The summed E-state index contributed by atoms with van der Waals surface area (Å²) in [6.07, 6.45) is 3.73. The van der Waals surface area contributed by atoms with E-state index in [1.54, 1.807) is 42.1 Å². The molecule has 0 saturated carbocycles. The number of rotatable bonds is 5. The van der Waals surface area contributed by atoms with E-state index in [9.17, 15) is 8.42 Å². The molecular formula is C13H17N3O2S. The van der Waals surface area contributed by atoms with Crippen molar-refractivity contribution in [2.45, 2.75) is 18.4 Å². The van der Waals surface area contributed by atoms with Crippen LogP contribution in [0, 0.1) is 0 Å². The first kappa shape index (κ1) is 13.6. The van der Waals surface area contributed by atoms with Gasteiger partial charge in [0.05, 0.1) is 16.8 Å². The molecule has 0 aliphatic heterocycles. The minimum atomic E-state index is -3.12. The average Bonchev–Trinajstić information content (AvgIpc) is 2.83. The number of hydrogen-bond acceptors (Lipinski definition) is 4. The van der Waals surface area contributed by atoms with E-state index in [1.165, 1.54) is 0 Å². The van der Waals surface area contributed by atoms with Gasteiger partial charge in [0, 0.05) is 31.0 Å². The average molecular weight is 279 g/mol. The number of anilines is 1. The maximum Gasteiger partial charge on any atom is 0.178 e. The monoisotopic (exact) mass is 279 g/mol. The van der Waals surface area contributed by atoms with Crippen LogP contribution in [-0.2, 0) is 23.4 Å². The summed E-state index contributed by atoms with van der Waals surface area (Å²) in [5.41, 5.74) is 1.96. The van der Waals surface area contributed by atoms with E-state index < -0.39 is 9.84 Å². The van der Waals surface area contributed by atoms with Crippen molar-refractivity contribution in [3.8, 4) is 0 Å². The minimum Gasteiger partial charge on any atom is -0.381 e. The van der Waals surface area contributed by atoms with E-state index in [0.717, 1.165) is 11.3 Å². The molecule has 102 valence electrons. The van der Waals surface area contributed by atoms with Crippen LogP contribution in [0.5, 0.6) is 0 Å². The molecule has 0 bridgehead atoms. The Hall–Kier alpha value is -1.82. The SMILES string of the molecule is CCS(=O)(=O)c1ccc(NCc2cnn(C)c2)cc1. The molecule has 6 heteroatoms. The molecule has 0 radical (unpaired) electrons. The summed E-state index contributed by atoms with van der Waals surface area (Å²) in [5.74, 6) is 0.120. The molecule has 0 fully saturated rings. The molecule has 2 rings (SSSR count). The van der Waals surface area contributed by atoms with Gasteiger partial charge in [0.15, 0.2) is 9.84 Å². The Kier molecular flexibility index (Phi) is 3.90. The molecule has 0 saturated heterocycles. The smallest absolute Gasteiger partial charge is 0.178 e. The predicted molar refractivity (Wildman–Crippen MR) is 74.7 cm³/mol. The summed E-state index contributed by atoms with van der Waals surface area (Å²) in [6.45, 7) is 2.30. The highest BCUT2D eigenvalue weighted by molar-refractivity contribution is 7.91. The first-order valence-corrected chi connectivity index (χ1v) is 7.70. The number of sulfone groups is 1. The highest BCUT2D eigenvalue weighted by Crippen LogP contribution is 2.15. The fourth-order valence-electron chi connectivity index (χ4n) is 1.71. The molecule has 1 aromatic carbocycles. The second-order valence-corrected chi connectivity index (χ2v) is 6.58. The van der Waals surface area contributed by atoms with Crippen molar-refractivity contribution in [1.82, 2.24) is 9.78 Å². The molecule has 2 aromatic rings. The zero-order valence-corrected chi connectivity index (χ0v) is 11.8. The Morgan fingerprint density at radius 2 is 1.95 bits per heavy atom. The van der Waals surface area contributed by atoms with Gasteiger partial charge in [0.25, 0.3) is 0 Å². The lowest BCUT2D eigenvalue weighted by atomic mass is 10.3. The third-order valence-electron chi connectivity index (χ3n) is 2.85. The van der Waals surface area contributed by atoms with Crippen molar-refractivity contribution in [3.05, 3.63) is 42.2 Å². The zero-order chi connectivity index (χ0) is 13.9. The van der Waals surface area contributed by atoms with Crippen molar-refractivity contribution in [2.75, 3.05) is 11.1 Å². The summed E-state index contributed by atoms with van der Waals surface area (Å²) in [7, 11) is -1.25. The molecule has 0 aliphatic carbocycles. The van der Waals surface area contributed by atoms with Crippen LogP contribution in [0.4, 0.5) is 5.69 Å². The van der Waals surface area contributed by atoms with Gasteiger partial charge in [-0.3, -0.25) is 4.68 Å². The van der Waals surface area contributed by atoms with Crippen LogP contribution in [0.2, 0.25) is 0 Å². The normalized spacial score (nSPS) is 11.5. The number of benzene rings is 1. The van der Waals surface area contributed by atoms with Crippen molar-refractivity contribution < 1.29 is 8.42 Å². The highest BCUT2D eigenvalue weighted by atomic mass is 32.2. The number of hydrogen-bond donors (Lipinski definition) is 1. The minimum absolute atomic E-state index is 0.120. The Bertz CT molecular complexity index is 645. The Morgan fingerprint density at radius 1 is 1.26 bits per heavy atom. The van der Waals surface area contributed by atoms with Crippen LogP contribution in [0.3, 0.4) is 0 Å². The van der Waals surface area contributed by atoms with Crippen LogP contribution in [0.1, 0.15) is 12.5 Å². The molecule has 1 N–H and O–H groups in total. The van der Waals surface area contributed by atoms with Gasteiger partial charge in [-0.1, -0.05) is 6.92 Å². The van der Waals surface area contributed by atoms with Gasteiger partial charge in [0.2, 0.25) is 0 Å². The van der Waals surface area contributed by atoms with E-state index in [1.807, 2.05) is 13.2 Å². The van der Waals surface area contributed by atoms with Crippen molar-refractivity contribution in [1.29, 1.82) is 0 Å². The lowest BCUT2D eigenvalue weighted by Crippen LogP contribution is -2.04. The Morgan fingerprint density at radius 3 is 2.47 bits per heavy atom. The second kappa shape index (κ2) is 5.44. The van der Waals surface area contributed by atoms with E-state index in [-0.39, 0.29) is 5.75 Å². The molecule has 0 amide bonds.